The Balaban J connectivity index is 0.000000148. The van der Waals surface area contributed by atoms with Crippen LogP contribution < -0.4 is 0 Å². The predicted octanol–water partition coefficient (Wildman–Crippen LogP) is 23.6. The first-order valence-electron chi connectivity index (χ1n) is 35.5. The van der Waals surface area contributed by atoms with Crippen molar-refractivity contribution in [2.24, 2.45) is 0 Å². The van der Waals surface area contributed by atoms with Crippen LogP contribution in [-0.4, -0.2) is 29.9 Å². The van der Waals surface area contributed by atoms with E-state index in [1.165, 1.54) is 99.8 Å². The van der Waals surface area contributed by atoms with Crippen molar-refractivity contribution in [1.82, 2.24) is 29.9 Å². The average Bonchev–Trinajstić information content (AvgIpc) is 1.53. The van der Waals surface area contributed by atoms with Gasteiger partial charge in [0.15, 0.2) is 34.9 Å². The topological polar surface area (TPSA) is 77.3 Å². The van der Waals surface area contributed by atoms with Crippen LogP contribution in [0.2, 0.25) is 0 Å². The Kier molecular flexibility index (Phi) is 16.1. The van der Waals surface area contributed by atoms with E-state index in [2.05, 4.69) is 269 Å². The standard InChI is InChI=1S/C50H33N3.C48H35N3/c1-5-16-35(17-6-1)47-51-48(36-18-7-2-8-19-36)53-49(52-47)37-30-28-34(29-31-37)42-26-15-27-44-46(42)43-32-38-20-13-14-21-39(38)33-45(43)50(44,40-22-9-3-10-23-40)41-24-11-4-12-25-41;1-32-20-28-38(29-21-32)48(39-30-22-33(2)23-31-39)42-18-10-9-16-41(42)44-40(17-11-19-43(44)48)34-24-26-37(27-25-34)47-50-45(35-12-5-3-6-13-35)49-46(51-47)36-14-7-4-8-15-36/h1-33H;3-31H,1-2H3. The van der Waals surface area contributed by atoms with E-state index in [0.717, 1.165) is 44.5 Å². The SMILES string of the molecule is Cc1ccc(C2(c3ccc(C)cc3)c3ccccc3-c3c(-c4ccc(-c5nc(-c6ccccc6)nc(-c6ccccc6)n5)cc4)cccc32)cc1.c1ccc(-c2nc(-c3ccccc3)nc(-c3ccc(-c4cccc5c4-c4cc6ccccc6cc4C5(c4ccccc4)c4ccccc4)cc3)n2)cc1. The highest BCUT2D eigenvalue weighted by molar-refractivity contribution is 6.01. The fourth-order valence-corrected chi connectivity index (χ4v) is 15.9. The molecule has 0 bridgehead atoms. The smallest absolute Gasteiger partial charge is 0.164 e. The minimum atomic E-state index is -0.486. The molecule has 2 heterocycles. The third-order valence-electron chi connectivity index (χ3n) is 20.8. The lowest BCUT2D eigenvalue weighted by Gasteiger charge is -2.34. The van der Waals surface area contributed by atoms with Gasteiger partial charge in [-0.3, -0.25) is 0 Å². The Morgan fingerprint density at radius 3 is 0.837 bits per heavy atom. The molecular weight excluding hydrogens is 1260 g/mol. The van der Waals surface area contributed by atoms with Gasteiger partial charge in [-0.15, -0.1) is 0 Å². The van der Waals surface area contributed by atoms with Crippen molar-refractivity contribution in [1.29, 1.82) is 0 Å². The largest absolute Gasteiger partial charge is 0.208 e. The first-order valence-corrected chi connectivity index (χ1v) is 35.5. The summed E-state index contributed by atoms with van der Waals surface area (Å²) in [7, 11) is 0. The van der Waals surface area contributed by atoms with E-state index < -0.39 is 10.8 Å². The lowest BCUT2D eigenvalue weighted by atomic mass is 9.67. The van der Waals surface area contributed by atoms with Crippen LogP contribution in [0.25, 0.3) is 124 Å². The first kappa shape index (κ1) is 62.8. The second kappa shape index (κ2) is 26.6. The summed E-state index contributed by atoms with van der Waals surface area (Å²) in [5.41, 5.74) is 27.3. The van der Waals surface area contributed by atoms with E-state index in [9.17, 15) is 0 Å². The second-order valence-corrected chi connectivity index (χ2v) is 26.9. The van der Waals surface area contributed by atoms with Crippen LogP contribution in [0.5, 0.6) is 0 Å². The van der Waals surface area contributed by atoms with Crippen molar-refractivity contribution in [2.75, 3.05) is 0 Å². The van der Waals surface area contributed by atoms with Gasteiger partial charge in [0.1, 0.15) is 0 Å². The molecule has 2 aliphatic rings. The molecule has 0 unspecified atom stereocenters. The highest BCUT2D eigenvalue weighted by Gasteiger charge is 2.49. The van der Waals surface area contributed by atoms with Gasteiger partial charge in [-0.05, 0) is 126 Å². The molecule has 104 heavy (non-hydrogen) atoms. The summed E-state index contributed by atoms with van der Waals surface area (Å²) in [4.78, 5) is 29.7. The Hall–Kier alpha value is -13.4. The average molecular weight is 1330 g/mol. The number of hydrogen-bond donors (Lipinski definition) is 0. The number of rotatable bonds is 12. The number of aromatic nitrogens is 6. The van der Waals surface area contributed by atoms with Gasteiger partial charge in [0.25, 0.3) is 0 Å². The molecule has 0 fully saturated rings. The maximum Gasteiger partial charge on any atom is 0.164 e. The molecular formula is C98H68N6. The molecule has 0 N–H and O–H groups in total. The van der Waals surface area contributed by atoms with Gasteiger partial charge in [0.05, 0.1) is 10.8 Å². The maximum absolute atomic E-state index is 4.98. The van der Waals surface area contributed by atoms with E-state index in [0.29, 0.717) is 34.9 Å². The summed E-state index contributed by atoms with van der Waals surface area (Å²) in [5.74, 6) is 3.92. The lowest BCUT2D eigenvalue weighted by molar-refractivity contribution is 0.767. The molecule has 17 aromatic rings. The predicted molar refractivity (Wildman–Crippen MR) is 425 cm³/mol. The van der Waals surface area contributed by atoms with E-state index in [1.807, 2.05) is 121 Å². The van der Waals surface area contributed by atoms with E-state index in [4.69, 9.17) is 29.9 Å². The number of aryl methyl sites for hydroxylation is 2. The fraction of sp³-hybridized carbons (Fsp3) is 0.0408. The molecule has 6 nitrogen and oxygen atoms in total. The van der Waals surface area contributed by atoms with Gasteiger partial charge in [-0.1, -0.05) is 375 Å². The van der Waals surface area contributed by atoms with Crippen LogP contribution in [0.3, 0.4) is 0 Å². The summed E-state index contributed by atoms with van der Waals surface area (Å²) in [6.07, 6.45) is 0. The number of benzene rings is 15. The van der Waals surface area contributed by atoms with E-state index in [1.54, 1.807) is 0 Å². The van der Waals surface area contributed by atoms with E-state index in [-0.39, 0.29) is 0 Å². The van der Waals surface area contributed by atoms with Gasteiger partial charge in [-0.25, -0.2) is 29.9 Å². The molecule has 0 saturated heterocycles. The minimum absolute atomic E-state index is 0.449. The Labute approximate surface area is 606 Å². The Bertz CT molecular complexity index is 5790. The third-order valence-corrected chi connectivity index (χ3v) is 20.8. The molecule has 0 aliphatic heterocycles. The summed E-state index contributed by atoms with van der Waals surface area (Å²) >= 11 is 0. The van der Waals surface area contributed by atoms with Crippen LogP contribution in [-0.2, 0) is 10.8 Å². The quantitative estimate of drug-likeness (QED) is 0.121. The Morgan fingerprint density at radius 1 is 0.183 bits per heavy atom. The molecule has 15 aromatic carbocycles. The zero-order chi connectivity index (χ0) is 69.6. The summed E-state index contributed by atoms with van der Waals surface area (Å²) in [6.45, 7) is 4.31. The molecule has 0 spiro atoms. The number of hydrogen-bond acceptors (Lipinski definition) is 6. The Morgan fingerprint density at radius 2 is 0.452 bits per heavy atom. The number of nitrogens with zero attached hydrogens (tertiary/aromatic N) is 6. The highest BCUT2D eigenvalue weighted by Crippen LogP contribution is 2.61. The fourth-order valence-electron chi connectivity index (χ4n) is 15.9. The van der Waals surface area contributed by atoms with Crippen molar-refractivity contribution in [3.63, 3.8) is 0 Å². The van der Waals surface area contributed by atoms with Crippen LogP contribution in [0.15, 0.2) is 376 Å². The van der Waals surface area contributed by atoms with Crippen LogP contribution in [0.4, 0.5) is 0 Å². The van der Waals surface area contributed by atoms with Crippen molar-refractivity contribution >= 4 is 10.8 Å². The molecule has 0 amide bonds. The molecule has 6 heteroatoms. The van der Waals surface area contributed by atoms with Crippen LogP contribution >= 0.6 is 0 Å². The first-order chi connectivity index (χ1) is 51.4. The minimum Gasteiger partial charge on any atom is -0.208 e. The van der Waals surface area contributed by atoms with Crippen LogP contribution in [0, 0.1) is 13.8 Å². The maximum atomic E-state index is 4.98. The molecule has 2 aliphatic carbocycles. The normalized spacial score (nSPS) is 12.7. The summed E-state index contributed by atoms with van der Waals surface area (Å²) in [5, 5.41) is 2.47. The van der Waals surface area contributed by atoms with Gasteiger partial charge < -0.3 is 0 Å². The van der Waals surface area contributed by atoms with Crippen LogP contribution in [0.1, 0.15) is 55.6 Å². The monoisotopic (exact) mass is 1330 g/mol. The third kappa shape index (κ3) is 11.0. The highest BCUT2D eigenvalue weighted by atomic mass is 15.0. The molecule has 0 radical (unpaired) electrons. The molecule has 19 rings (SSSR count). The van der Waals surface area contributed by atoms with Gasteiger partial charge >= 0.3 is 0 Å². The van der Waals surface area contributed by atoms with E-state index >= 15 is 0 Å². The molecule has 2 aromatic heterocycles. The van der Waals surface area contributed by atoms with Gasteiger partial charge in [0, 0.05) is 33.4 Å². The van der Waals surface area contributed by atoms with Gasteiger partial charge in [0.2, 0.25) is 0 Å². The zero-order valence-corrected chi connectivity index (χ0v) is 57.5. The van der Waals surface area contributed by atoms with Gasteiger partial charge in [-0.2, -0.15) is 0 Å². The van der Waals surface area contributed by atoms with Crippen molar-refractivity contribution in [2.45, 2.75) is 24.7 Å². The van der Waals surface area contributed by atoms with Crippen molar-refractivity contribution < 1.29 is 0 Å². The molecule has 0 atom stereocenters. The van der Waals surface area contributed by atoms with Crippen molar-refractivity contribution in [3.8, 4) is 113 Å². The second-order valence-electron chi connectivity index (χ2n) is 26.9. The molecule has 490 valence electrons. The summed E-state index contributed by atoms with van der Waals surface area (Å²) in [6, 6.07) is 134. The molecule has 0 saturated carbocycles. The zero-order valence-electron chi connectivity index (χ0n) is 57.5. The lowest BCUT2D eigenvalue weighted by Crippen LogP contribution is -2.28. The van der Waals surface area contributed by atoms with Crippen molar-refractivity contribution in [3.05, 3.63) is 432 Å². The number of fused-ring (bicyclic) bond motifs is 7. The summed E-state index contributed by atoms with van der Waals surface area (Å²) < 4.78 is 0.